The summed E-state index contributed by atoms with van der Waals surface area (Å²) in [6, 6.07) is -3.44. The molecule has 3 amide bonds. The summed E-state index contributed by atoms with van der Waals surface area (Å²) in [5, 5.41) is 77.7. The van der Waals surface area contributed by atoms with E-state index < -0.39 is 152 Å². The number of aliphatic hydroxyl groups is 6. The number of rotatable bonds is 17. The van der Waals surface area contributed by atoms with Crippen LogP contribution in [0.1, 0.15) is 95.4 Å². The summed E-state index contributed by atoms with van der Waals surface area (Å²) >= 11 is 0. The lowest BCUT2D eigenvalue weighted by Gasteiger charge is -2.46. The van der Waals surface area contributed by atoms with Crippen LogP contribution in [0.2, 0.25) is 0 Å². The first-order chi connectivity index (χ1) is 31.1. The van der Waals surface area contributed by atoms with Gasteiger partial charge >= 0.3 is 18.3 Å². The maximum Gasteiger partial charge on any atom is 0.408 e. The van der Waals surface area contributed by atoms with Crippen molar-refractivity contribution in [2.24, 2.45) is 11.7 Å². The molecule has 0 aromatic rings. The molecular weight excluding hydrogens is 887 g/mol. The fourth-order valence-corrected chi connectivity index (χ4v) is 8.04. The highest BCUT2D eigenvalue weighted by molar-refractivity contribution is 5.69. The molecule has 0 aromatic carbocycles. The summed E-state index contributed by atoms with van der Waals surface area (Å²) in [6.45, 7) is 18.2. The number of carbonyl (C=O) groups is 3. The summed E-state index contributed by atoms with van der Waals surface area (Å²) in [4.78, 5) is 39.4. The van der Waals surface area contributed by atoms with Gasteiger partial charge in [-0.1, -0.05) is 32.4 Å². The molecule has 12 N–H and O–H groups in total. The highest BCUT2D eigenvalue weighted by Crippen LogP contribution is 2.37. The summed E-state index contributed by atoms with van der Waals surface area (Å²) in [6.07, 6.45) is -16.7. The Bertz CT molecular complexity index is 1610. The normalized spacial score (nSPS) is 36.5. The van der Waals surface area contributed by atoms with E-state index in [-0.39, 0.29) is 26.1 Å². The molecule has 1 aliphatic carbocycles. The highest BCUT2D eigenvalue weighted by atomic mass is 16.8. The van der Waals surface area contributed by atoms with Crippen molar-refractivity contribution in [3.05, 3.63) is 12.2 Å². The molecule has 0 bridgehead atoms. The number of nitrogens with two attached hydrogens (primary N) is 1. The second-order valence-corrected chi connectivity index (χ2v) is 20.6. The third-order valence-electron chi connectivity index (χ3n) is 11.1. The van der Waals surface area contributed by atoms with Crippen molar-refractivity contribution in [1.82, 2.24) is 21.3 Å². The van der Waals surface area contributed by atoms with Crippen LogP contribution in [-0.2, 0) is 42.6 Å². The molecule has 4 aliphatic rings. The van der Waals surface area contributed by atoms with Crippen molar-refractivity contribution in [3.63, 3.8) is 0 Å². The van der Waals surface area contributed by atoms with E-state index in [4.69, 9.17) is 48.4 Å². The topological polar surface area (TPSA) is 330 Å². The van der Waals surface area contributed by atoms with Gasteiger partial charge in [0.2, 0.25) is 0 Å². The van der Waals surface area contributed by atoms with E-state index in [9.17, 15) is 45.0 Å². The van der Waals surface area contributed by atoms with Gasteiger partial charge in [-0.25, -0.2) is 14.4 Å². The first-order valence-corrected chi connectivity index (χ1v) is 23.1. The molecule has 3 fully saturated rings. The molecule has 4 rings (SSSR count). The SMILES string of the molecule is CCCC(O)CNCC1C=CC(NC(=O)OC(C)(C)C)C(OC2C(NC(=O)OC(C)(C)C)CC(C)C(O)C2OC2OC(CO)C(OC3OC(CN)C(O)C(O)C3NC(=O)OC(C)(C)C)C2O)O1. The molecular formula is C44H79N5O18. The van der Waals surface area contributed by atoms with Crippen LogP contribution in [0.25, 0.3) is 0 Å². The van der Waals surface area contributed by atoms with Crippen molar-refractivity contribution < 1.29 is 87.7 Å². The standard InChI is InChI=1S/C44H79N5O18/c1-12-13-22(51)18-46-19-23-14-15-24(47-39(56)65-42(3,4)5)36(59-23)62-33-25(48-40(57)66-43(6,7)8)16-21(2)29(52)35(33)64-38-32(55)34(27(20-50)61-38)63-37-28(49-41(58)67-44(9,10)11)31(54)30(53)26(17-45)60-37/h14-15,21-38,46,50-55H,12-13,16-20,45H2,1-11H3,(H,47,56)(H,48,57)(H,49,58). The van der Waals surface area contributed by atoms with E-state index in [2.05, 4.69) is 21.3 Å². The van der Waals surface area contributed by atoms with Gasteiger partial charge in [0.1, 0.15) is 77.7 Å². The maximum atomic E-state index is 13.4. The Kier molecular flexibility index (Phi) is 20.4. The zero-order valence-electron chi connectivity index (χ0n) is 40.7. The van der Waals surface area contributed by atoms with E-state index in [1.165, 1.54) is 0 Å². The number of amides is 3. The van der Waals surface area contributed by atoms with Gasteiger partial charge in [-0.2, -0.15) is 0 Å². The van der Waals surface area contributed by atoms with E-state index >= 15 is 0 Å². The Morgan fingerprint density at radius 2 is 1.25 bits per heavy atom. The Hall–Kier alpha value is -3.01. The van der Waals surface area contributed by atoms with Gasteiger partial charge in [-0.05, 0) is 81.1 Å². The van der Waals surface area contributed by atoms with E-state index in [0.29, 0.717) is 6.42 Å². The molecule has 3 aliphatic heterocycles. The third kappa shape index (κ3) is 16.8. The zero-order valence-corrected chi connectivity index (χ0v) is 40.7. The molecule has 23 nitrogen and oxygen atoms in total. The molecule has 388 valence electrons. The molecule has 0 spiro atoms. The minimum atomic E-state index is -1.76. The lowest BCUT2D eigenvalue weighted by Crippen LogP contribution is -2.66. The highest BCUT2D eigenvalue weighted by Gasteiger charge is 2.55. The second kappa shape index (κ2) is 24.2. The number of carbonyl (C=O) groups excluding carboxylic acids is 3. The van der Waals surface area contributed by atoms with Crippen LogP contribution < -0.4 is 27.0 Å². The third-order valence-corrected chi connectivity index (χ3v) is 11.1. The van der Waals surface area contributed by atoms with Crippen molar-refractivity contribution in [2.45, 2.75) is 216 Å². The lowest BCUT2D eigenvalue weighted by molar-refractivity contribution is -0.288. The summed E-state index contributed by atoms with van der Waals surface area (Å²) in [7, 11) is 0. The largest absolute Gasteiger partial charge is 0.444 e. The quantitative estimate of drug-likeness (QED) is 0.0661. The molecule has 2 saturated heterocycles. The van der Waals surface area contributed by atoms with Gasteiger partial charge in [0, 0.05) is 19.6 Å². The van der Waals surface area contributed by atoms with Gasteiger partial charge in [-0.3, -0.25) is 0 Å². The van der Waals surface area contributed by atoms with Gasteiger partial charge < -0.3 is 100 Å². The molecule has 0 aromatic heterocycles. The summed E-state index contributed by atoms with van der Waals surface area (Å²) in [5.41, 5.74) is 3.11. The van der Waals surface area contributed by atoms with Crippen LogP contribution in [-0.4, -0.2) is 196 Å². The molecule has 67 heavy (non-hydrogen) atoms. The molecule has 23 heteroatoms. The first-order valence-electron chi connectivity index (χ1n) is 23.1. The van der Waals surface area contributed by atoms with Crippen LogP contribution in [0.3, 0.4) is 0 Å². The average Bonchev–Trinajstić information content (AvgIpc) is 3.49. The summed E-state index contributed by atoms with van der Waals surface area (Å²) in [5.74, 6) is -0.588. The zero-order chi connectivity index (χ0) is 50.2. The van der Waals surface area contributed by atoms with Crippen LogP contribution in [0.15, 0.2) is 12.2 Å². The maximum absolute atomic E-state index is 13.4. The molecule has 3 heterocycles. The van der Waals surface area contributed by atoms with Crippen LogP contribution in [0.5, 0.6) is 0 Å². The Morgan fingerprint density at radius 3 is 1.82 bits per heavy atom. The Balaban J connectivity index is 1.67. The predicted octanol–water partition coefficient (Wildman–Crippen LogP) is -0.262. The molecule has 18 atom stereocenters. The number of ether oxygens (including phenoxy) is 9. The van der Waals surface area contributed by atoms with Crippen molar-refractivity contribution in [3.8, 4) is 0 Å². The smallest absolute Gasteiger partial charge is 0.408 e. The Morgan fingerprint density at radius 1 is 0.701 bits per heavy atom. The molecule has 18 unspecified atom stereocenters. The second-order valence-electron chi connectivity index (χ2n) is 20.6. The van der Waals surface area contributed by atoms with Crippen LogP contribution in [0.4, 0.5) is 14.4 Å². The van der Waals surface area contributed by atoms with Crippen molar-refractivity contribution in [2.75, 3.05) is 26.2 Å². The van der Waals surface area contributed by atoms with Crippen molar-refractivity contribution in [1.29, 1.82) is 0 Å². The molecule has 1 saturated carbocycles. The van der Waals surface area contributed by atoms with Gasteiger partial charge in [0.05, 0.1) is 31.0 Å². The fraction of sp³-hybridized carbons (Fsp3) is 0.886. The number of hydrogen-bond donors (Lipinski definition) is 11. The first kappa shape index (κ1) is 56.6. The summed E-state index contributed by atoms with van der Waals surface area (Å²) < 4.78 is 54.0. The van der Waals surface area contributed by atoms with Gasteiger partial charge in [0.15, 0.2) is 18.9 Å². The number of nitrogens with one attached hydrogen (secondary N) is 4. The number of hydrogen-bond acceptors (Lipinski definition) is 20. The minimum Gasteiger partial charge on any atom is -0.444 e. The monoisotopic (exact) mass is 966 g/mol. The fourth-order valence-electron chi connectivity index (χ4n) is 8.04. The van der Waals surface area contributed by atoms with E-state index in [1.807, 2.05) is 6.92 Å². The average molecular weight is 966 g/mol. The van der Waals surface area contributed by atoms with Gasteiger partial charge in [-0.15, -0.1) is 0 Å². The predicted molar refractivity (Wildman–Crippen MR) is 237 cm³/mol. The number of aliphatic hydroxyl groups excluding tert-OH is 6. The Labute approximate surface area is 393 Å². The van der Waals surface area contributed by atoms with E-state index in [0.717, 1.165) is 6.42 Å². The lowest BCUT2D eigenvalue weighted by atomic mass is 9.80. The van der Waals surface area contributed by atoms with Crippen LogP contribution >= 0.6 is 0 Å². The van der Waals surface area contributed by atoms with Crippen LogP contribution in [0, 0.1) is 5.92 Å². The van der Waals surface area contributed by atoms with Crippen molar-refractivity contribution >= 4 is 18.3 Å². The minimum absolute atomic E-state index is 0.124. The van der Waals surface area contributed by atoms with Gasteiger partial charge in [0.25, 0.3) is 0 Å². The van der Waals surface area contributed by atoms with E-state index in [1.54, 1.807) is 81.4 Å². The number of alkyl carbamates (subject to hydrolysis) is 3. The molecule has 0 radical (unpaired) electrons.